The molecule has 0 fully saturated rings. The van der Waals surface area contributed by atoms with E-state index in [4.69, 9.17) is 0 Å². The number of H-pyrrole nitrogens is 1. The van der Waals surface area contributed by atoms with Gasteiger partial charge in [-0.2, -0.15) is 4.65 Å². The van der Waals surface area contributed by atoms with Crippen molar-refractivity contribution in [2.75, 3.05) is 19.6 Å². The van der Waals surface area contributed by atoms with Crippen LogP contribution >= 0.6 is 0 Å². The summed E-state index contributed by atoms with van der Waals surface area (Å²) < 4.78 is 0.160. The number of rotatable bonds is 9. The standard InChI is InChI=1S/C18H28N2O2/c1-3-5-10-20(22,11-6-4-2)12-9-15-14-19-18-8-7-16(21)13-17(15)18/h7-8,13-14,19,22H,3-6,9-12H2,1-2H3/p+1. The van der Waals surface area contributed by atoms with Crippen LogP contribution in [-0.4, -0.2) is 39.6 Å². The predicted molar refractivity (Wildman–Crippen MR) is 90.1 cm³/mol. The molecule has 1 aromatic heterocycles. The molecule has 0 aliphatic rings. The van der Waals surface area contributed by atoms with E-state index < -0.39 is 0 Å². The summed E-state index contributed by atoms with van der Waals surface area (Å²) in [4.78, 5) is 3.24. The Balaban J connectivity index is 2.08. The van der Waals surface area contributed by atoms with Crippen LogP contribution in [0.15, 0.2) is 24.4 Å². The lowest BCUT2D eigenvalue weighted by atomic mass is 10.1. The summed E-state index contributed by atoms with van der Waals surface area (Å²) in [6, 6.07) is 5.38. The summed E-state index contributed by atoms with van der Waals surface area (Å²) >= 11 is 0. The minimum absolute atomic E-state index is 0.160. The van der Waals surface area contributed by atoms with Crippen LogP contribution in [0.3, 0.4) is 0 Å². The van der Waals surface area contributed by atoms with Gasteiger partial charge in [0.1, 0.15) is 25.4 Å². The first kappa shape index (κ1) is 16.8. The number of phenols is 1. The van der Waals surface area contributed by atoms with Gasteiger partial charge in [0.15, 0.2) is 0 Å². The van der Waals surface area contributed by atoms with Gasteiger partial charge in [0, 0.05) is 23.5 Å². The topological polar surface area (TPSA) is 56.2 Å². The van der Waals surface area contributed by atoms with Crippen LogP contribution in [0.5, 0.6) is 5.75 Å². The van der Waals surface area contributed by atoms with Crippen LogP contribution in [0.4, 0.5) is 0 Å². The highest BCUT2D eigenvalue weighted by molar-refractivity contribution is 5.84. The monoisotopic (exact) mass is 305 g/mol. The number of quaternary nitrogens is 1. The van der Waals surface area contributed by atoms with Crippen molar-refractivity contribution in [3.63, 3.8) is 0 Å². The maximum absolute atomic E-state index is 10.9. The fourth-order valence-electron chi connectivity index (χ4n) is 2.94. The predicted octanol–water partition coefficient (Wildman–Crippen LogP) is 4.22. The number of aromatic hydroxyl groups is 1. The molecule has 22 heavy (non-hydrogen) atoms. The fraction of sp³-hybridized carbons (Fsp3) is 0.556. The van der Waals surface area contributed by atoms with E-state index in [1.165, 1.54) is 0 Å². The molecule has 3 N–H and O–H groups in total. The van der Waals surface area contributed by atoms with E-state index in [0.29, 0.717) is 0 Å². The Kier molecular flexibility index (Phi) is 5.86. The molecule has 2 rings (SSSR count). The Hall–Kier alpha value is -1.52. The number of phenolic OH excluding ortho intramolecular Hbond substituents is 1. The number of hydrogen-bond donors (Lipinski definition) is 3. The normalized spacial score (nSPS) is 12.1. The minimum atomic E-state index is 0.160. The Labute approximate surface area is 132 Å². The van der Waals surface area contributed by atoms with Gasteiger partial charge in [-0.3, -0.25) is 0 Å². The molecule has 0 saturated heterocycles. The Morgan fingerprint density at radius 1 is 1.05 bits per heavy atom. The molecule has 2 aromatic rings. The van der Waals surface area contributed by atoms with Crippen LogP contribution in [0.1, 0.15) is 45.1 Å². The molecule has 0 aliphatic heterocycles. The Morgan fingerprint density at radius 2 is 1.73 bits per heavy atom. The van der Waals surface area contributed by atoms with Gasteiger partial charge in [0.25, 0.3) is 0 Å². The van der Waals surface area contributed by atoms with Crippen LogP contribution in [0.2, 0.25) is 0 Å². The van der Waals surface area contributed by atoms with Crippen molar-refractivity contribution < 1.29 is 15.0 Å². The molecule has 122 valence electrons. The number of benzene rings is 1. The molecular weight excluding hydrogens is 276 g/mol. The van der Waals surface area contributed by atoms with E-state index in [-0.39, 0.29) is 10.4 Å². The summed E-state index contributed by atoms with van der Waals surface area (Å²) in [5.74, 6) is 0.287. The van der Waals surface area contributed by atoms with Crippen molar-refractivity contribution in [2.45, 2.75) is 46.0 Å². The second-order valence-corrected chi connectivity index (χ2v) is 6.27. The highest BCUT2D eigenvalue weighted by Gasteiger charge is 2.24. The van der Waals surface area contributed by atoms with E-state index >= 15 is 0 Å². The van der Waals surface area contributed by atoms with Crippen molar-refractivity contribution >= 4 is 10.9 Å². The first-order chi connectivity index (χ1) is 10.6. The molecule has 0 atom stereocenters. The third-order valence-electron chi connectivity index (χ3n) is 4.40. The summed E-state index contributed by atoms with van der Waals surface area (Å²) in [7, 11) is 0. The highest BCUT2D eigenvalue weighted by Crippen LogP contribution is 2.24. The second kappa shape index (κ2) is 7.65. The van der Waals surface area contributed by atoms with Crippen LogP contribution in [0.25, 0.3) is 10.9 Å². The zero-order valence-electron chi connectivity index (χ0n) is 13.8. The Morgan fingerprint density at radius 3 is 2.36 bits per heavy atom. The number of nitrogens with one attached hydrogen (secondary N) is 1. The molecule has 0 unspecified atom stereocenters. The number of nitrogens with zero attached hydrogens (tertiary/aromatic N) is 1. The zero-order valence-corrected chi connectivity index (χ0v) is 13.8. The lowest BCUT2D eigenvalue weighted by Crippen LogP contribution is -2.47. The first-order valence-electron chi connectivity index (χ1n) is 8.46. The molecule has 0 spiro atoms. The van der Waals surface area contributed by atoms with Gasteiger partial charge < -0.3 is 10.1 Å². The molecule has 0 bridgehead atoms. The quantitative estimate of drug-likeness (QED) is 0.480. The van der Waals surface area contributed by atoms with E-state index in [9.17, 15) is 10.3 Å². The molecule has 1 heterocycles. The number of aromatic nitrogens is 1. The molecule has 4 heteroatoms. The van der Waals surface area contributed by atoms with E-state index in [0.717, 1.165) is 68.2 Å². The van der Waals surface area contributed by atoms with Crippen molar-refractivity contribution in [1.82, 2.24) is 4.98 Å². The minimum Gasteiger partial charge on any atom is -0.508 e. The average molecular weight is 305 g/mol. The largest absolute Gasteiger partial charge is 0.508 e. The molecule has 0 saturated carbocycles. The Bertz CT molecular complexity index is 584. The van der Waals surface area contributed by atoms with Gasteiger partial charge in [-0.15, -0.1) is 0 Å². The number of fused-ring (bicyclic) bond motifs is 1. The van der Waals surface area contributed by atoms with Gasteiger partial charge >= 0.3 is 0 Å². The van der Waals surface area contributed by atoms with E-state index in [1.54, 1.807) is 12.1 Å². The third kappa shape index (κ3) is 4.24. The van der Waals surface area contributed by atoms with E-state index in [2.05, 4.69) is 18.8 Å². The van der Waals surface area contributed by atoms with Crippen LogP contribution in [-0.2, 0) is 6.42 Å². The summed E-state index contributed by atoms with van der Waals surface area (Å²) in [5.41, 5.74) is 2.20. The maximum atomic E-state index is 10.9. The summed E-state index contributed by atoms with van der Waals surface area (Å²) in [5, 5.41) is 21.6. The van der Waals surface area contributed by atoms with Crippen LogP contribution in [0, 0.1) is 0 Å². The van der Waals surface area contributed by atoms with Gasteiger partial charge in [-0.25, -0.2) is 5.21 Å². The van der Waals surface area contributed by atoms with Gasteiger partial charge in [-0.05, 0) is 36.6 Å². The smallest absolute Gasteiger partial charge is 0.116 e. The number of unbranched alkanes of at least 4 members (excludes halogenated alkanes) is 2. The van der Waals surface area contributed by atoms with E-state index in [1.807, 2.05) is 12.3 Å². The lowest BCUT2D eigenvalue weighted by molar-refractivity contribution is -1.10. The summed E-state index contributed by atoms with van der Waals surface area (Å²) in [6.45, 7) is 6.69. The van der Waals surface area contributed by atoms with Gasteiger partial charge in [-0.1, -0.05) is 26.7 Å². The second-order valence-electron chi connectivity index (χ2n) is 6.27. The van der Waals surface area contributed by atoms with Crippen molar-refractivity contribution in [3.8, 4) is 5.75 Å². The molecular formula is C18H29N2O2+. The molecule has 0 radical (unpaired) electrons. The molecule has 1 aromatic carbocycles. The van der Waals surface area contributed by atoms with Crippen molar-refractivity contribution in [3.05, 3.63) is 30.0 Å². The summed E-state index contributed by atoms with van der Waals surface area (Å²) in [6.07, 6.45) is 7.12. The lowest BCUT2D eigenvalue weighted by Gasteiger charge is -2.30. The van der Waals surface area contributed by atoms with Crippen LogP contribution < -0.4 is 0 Å². The van der Waals surface area contributed by atoms with Gasteiger partial charge in [0.2, 0.25) is 0 Å². The third-order valence-corrected chi connectivity index (χ3v) is 4.40. The number of hydrogen-bond acceptors (Lipinski definition) is 2. The molecule has 4 nitrogen and oxygen atoms in total. The fourth-order valence-corrected chi connectivity index (χ4v) is 2.94. The molecule has 0 aliphatic carbocycles. The molecule has 0 amide bonds. The average Bonchev–Trinajstić information content (AvgIpc) is 2.91. The van der Waals surface area contributed by atoms with Crippen molar-refractivity contribution in [1.29, 1.82) is 0 Å². The zero-order chi connectivity index (χ0) is 16.0. The SMILES string of the molecule is CCCC[N+](O)(CCCC)CCc1c[nH]c2ccc(O)cc12. The number of hydroxylamine groups is 3. The maximum Gasteiger partial charge on any atom is 0.116 e. The van der Waals surface area contributed by atoms with Crippen molar-refractivity contribution in [2.24, 2.45) is 0 Å². The highest BCUT2D eigenvalue weighted by atomic mass is 16.5. The van der Waals surface area contributed by atoms with Gasteiger partial charge in [0.05, 0.1) is 0 Å². The first-order valence-corrected chi connectivity index (χ1v) is 8.46. The number of aromatic amines is 1.